The van der Waals surface area contributed by atoms with Gasteiger partial charge in [-0.05, 0) is 54.1 Å². The fourth-order valence-electron chi connectivity index (χ4n) is 4.69. The molecule has 0 bridgehead atoms. The summed E-state index contributed by atoms with van der Waals surface area (Å²) in [6, 6.07) is 22.3. The van der Waals surface area contributed by atoms with Gasteiger partial charge < -0.3 is 19.0 Å². The molecule has 2 heterocycles. The number of halogens is 1. The molecule has 0 aliphatic heterocycles. The molecule has 0 saturated carbocycles. The molecule has 0 atom stereocenters. The zero-order chi connectivity index (χ0) is 31.7. The van der Waals surface area contributed by atoms with Crippen molar-refractivity contribution in [3.63, 3.8) is 0 Å². The molecule has 1 N–H and O–H groups in total. The number of rotatable bonds is 9. The van der Waals surface area contributed by atoms with E-state index in [1.165, 1.54) is 49.7 Å². The molecule has 6 aromatic rings. The number of nitrogens with zero attached hydrogens (tertiary/aromatic N) is 4. The number of para-hydroxylation sites is 1. The van der Waals surface area contributed by atoms with Gasteiger partial charge in [-0.1, -0.05) is 41.9 Å². The van der Waals surface area contributed by atoms with Crippen LogP contribution in [0.1, 0.15) is 21.5 Å². The van der Waals surface area contributed by atoms with Crippen molar-refractivity contribution in [1.82, 2.24) is 9.66 Å². The fraction of sp³-hybridized carbons (Fsp3) is 0.0625. The second-order valence-electron chi connectivity index (χ2n) is 9.70. The topological polar surface area (TPSA) is 159 Å². The Balaban J connectivity index is 1.39. The van der Waals surface area contributed by atoms with E-state index < -0.39 is 22.1 Å². The highest BCUT2D eigenvalue weighted by Crippen LogP contribution is 2.37. The number of methoxy groups -OCH3 is 1. The zero-order valence-corrected chi connectivity index (χ0v) is 24.1. The van der Waals surface area contributed by atoms with Crippen LogP contribution in [0.4, 0.5) is 5.69 Å². The summed E-state index contributed by atoms with van der Waals surface area (Å²) in [6.07, 6.45) is 1.25. The first-order valence-electron chi connectivity index (χ1n) is 13.3. The number of nitro groups is 1. The lowest BCUT2D eigenvalue weighted by molar-refractivity contribution is -0.385. The maximum absolute atomic E-state index is 13.6. The number of furan rings is 1. The van der Waals surface area contributed by atoms with Crippen LogP contribution in [0, 0.1) is 10.1 Å². The van der Waals surface area contributed by atoms with E-state index in [1.807, 2.05) is 0 Å². The van der Waals surface area contributed by atoms with E-state index in [2.05, 4.69) is 10.1 Å². The van der Waals surface area contributed by atoms with E-state index in [0.717, 1.165) is 4.68 Å². The quantitative estimate of drug-likeness (QED) is 0.107. The number of carbonyl (C=O) groups is 1. The molecular weight excluding hydrogens is 604 g/mol. The first kappa shape index (κ1) is 29.1. The monoisotopic (exact) mass is 624 g/mol. The predicted molar refractivity (Wildman–Crippen MR) is 167 cm³/mol. The Morgan fingerprint density at radius 3 is 2.60 bits per heavy atom. The summed E-state index contributed by atoms with van der Waals surface area (Å²) in [5, 5.41) is 26.3. The lowest BCUT2D eigenvalue weighted by Crippen LogP contribution is -2.20. The second-order valence-corrected chi connectivity index (χ2v) is 10.1. The third-order valence-electron chi connectivity index (χ3n) is 6.86. The van der Waals surface area contributed by atoms with Gasteiger partial charge in [-0.3, -0.25) is 14.9 Å². The minimum absolute atomic E-state index is 0.0682. The Hall–Kier alpha value is -6.01. The molecule has 0 aliphatic carbocycles. The Morgan fingerprint density at radius 2 is 1.87 bits per heavy atom. The molecular formula is C32H21ClN4O8. The van der Waals surface area contributed by atoms with E-state index in [-0.39, 0.29) is 40.1 Å². The minimum Gasteiger partial charge on any atom is -0.496 e. The molecule has 45 heavy (non-hydrogen) atoms. The van der Waals surface area contributed by atoms with Crippen LogP contribution in [0.25, 0.3) is 33.5 Å². The molecule has 0 saturated heterocycles. The predicted octanol–water partition coefficient (Wildman–Crippen LogP) is 6.54. The van der Waals surface area contributed by atoms with Crippen molar-refractivity contribution in [2.24, 2.45) is 5.10 Å². The number of hydrogen-bond acceptors (Lipinski definition) is 9. The molecule has 4 aromatic carbocycles. The summed E-state index contributed by atoms with van der Waals surface area (Å²) >= 11 is 6.43. The first-order valence-corrected chi connectivity index (χ1v) is 13.7. The van der Waals surface area contributed by atoms with Crippen molar-refractivity contribution < 1.29 is 28.7 Å². The fourth-order valence-corrected chi connectivity index (χ4v) is 4.97. The van der Waals surface area contributed by atoms with E-state index >= 15 is 0 Å². The third-order valence-corrected chi connectivity index (χ3v) is 7.15. The van der Waals surface area contributed by atoms with Crippen molar-refractivity contribution in [3.8, 4) is 23.1 Å². The van der Waals surface area contributed by atoms with Crippen LogP contribution in [0.5, 0.6) is 11.5 Å². The SMILES string of the molecule is COc1cccc2oc(-c3nc4ccccc4c(=O)n3N=Cc3cc(Cl)c(OCc4ccc(C(=O)O)cc4)c([N+](=O)[O-])c3)cc12. The molecule has 12 nitrogen and oxygen atoms in total. The Bertz CT molecular complexity index is 2210. The van der Waals surface area contributed by atoms with E-state index in [4.69, 9.17) is 30.6 Å². The van der Waals surface area contributed by atoms with E-state index in [0.29, 0.717) is 33.2 Å². The second kappa shape index (κ2) is 11.9. The number of aromatic carboxylic acids is 1. The van der Waals surface area contributed by atoms with Gasteiger partial charge in [0.15, 0.2) is 5.76 Å². The molecule has 0 amide bonds. The van der Waals surface area contributed by atoms with Gasteiger partial charge in [0.1, 0.15) is 17.9 Å². The average Bonchev–Trinajstić information content (AvgIpc) is 3.48. The molecule has 2 aromatic heterocycles. The van der Waals surface area contributed by atoms with Crippen molar-refractivity contribution >= 4 is 51.3 Å². The van der Waals surface area contributed by atoms with Crippen molar-refractivity contribution in [1.29, 1.82) is 0 Å². The number of hydrogen-bond donors (Lipinski definition) is 1. The summed E-state index contributed by atoms with van der Waals surface area (Å²) in [5.41, 5.74) is 0.896. The number of nitro benzene ring substituents is 1. The van der Waals surface area contributed by atoms with Gasteiger partial charge in [-0.15, -0.1) is 0 Å². The van der Waals surface area contributed by atoms with Crippen LogP contribution in [0.15, 0.2) is 99.2 Å². The number of carboxylic acid groups (broad SMARTS) is 1. The molecule has 0 spiro atoms. The van der Waals surface area contributed by atoms with Gasteiger partial charge >= 0.3 is 11.7 Å². The highest BCUT2D eigenvalue weighted by molar-refractivity contribution is 6.32. The maximum Gasteiger partial charge on any atom is 0.335 e. The highest BCUT2D eigenvalue weighted by Gasteiger charge is 2.22. The van der Waals surface area contributed by atoms with E-state index in [1.54, 1.807) is 48.5 Å². The van der Waals surface area contributed by atoms with Crippen LogP contribution < -0.4 is 15.0 Å². The molecule has 224 valence electrons. The van der Waals surface area contributed by atoms with Crippen LogP contribution in [0.3, 0.4) is 0 Å². The number of fused-ring (bicyclic) bond motifs is 2. The van der Waals surface area contributed by atoms with Crippen LogP contribution in [-0.2, 0) is 6.61 Å². The summed E-state index contributed by atoms with van der Waals surface area (Å²) in [4.78, 5) is 40.7. The number of aromatic nitrogens is 2. The molecule has 0 fully saturated rings. The van der Waals surface area contributed by atoms with E-state index in [9.17, 15) is 19.7 Å². The molecule has 0 aliphatic rings. The van der Waals surface area contributed by atoms with Gasteiger partial charge in [-0.25, -0.2) is 9.78 Å². The normalized spacial score (nSPS) is 11.3. The summed E-state index contributed by atoms with van der Waals surface area (Å²) in [7, 11) is 1.54. The Labute approximate surface area is 258 Å². The van der Waals surface area contributed by atoms with Crippen molar-refractivity contribution in [2.45, 2.75) is 6.61 Å². The minimum atomic E-state index is -1.08. The summed E-state index contributed by atoms with van der Waals surface area (Å²) in [6.45, 7) is -0.0995. The van der Waals surface area contributed by atoms with Crippen LogP contribution in [0.2, 0.25) is 5.02 Å². The maximum atomic E-state index is 13.6. The van der Waals surface area contributed by atoms with Crippen molar-refractivity contribution in [3.05, 3.63) is 127 Å². The largest absolute Gasteiger partial charge is 0.496 e. The average molecular weight is 625 g/mol. The number of ether oxygens (including phenoxy) is 2. The number of carboxylic acids is 1. The molecule has 0 unspecified atom stereocenters. The first-order chi connectivity index (χ1) is 21.7. The van der Waals surface area contributed by atoms with Gasteiger partial charge in [0.25, 0.3) is 5.56 Å². The standard InChI is InChI=1S/C32H21ClN4O8/c1-43-26-7-4-8-27-22(26)15-28(45-27)30-35-24-6-3-2-5-21(24)31(38)36(30)34-16-19-13-23(33)29(25(14-19)37(41)42)44-17-18-9-11-20(12-10-18)32(39)40/h2-16H,17H2,1H3,(H,39,40). The van der Waals surface area contributed by atoms with Crippen molar-refractivity contribution in [2.75, 3.05) is 7.11 Å². The smallest absolute Gasteiger partial charge is 0.335 e. The lowest BCUT2D eigenvalue weighted by atomic mass is 10.1. The molecule has 0 radical (unpaired) electrons. The molecule has 6 rings (SSSR count). The zero-order valence-electron chi connectivity index (χ0n) is 23.3. The third kappa shape index (κ3) is 5.69. The highest BCUT2D eigenvalue weighted by atomic mass is 35.5. The number of benzene rings is 4. The Kier molecular flexibility index (Phi) is 7.71. The lowest BCUT2D eigenvalue weighted by Gasteiger charge is -2.10. The molecule has 13 heteroatoms. The van der Waals surface area contributed by atoms with Crippen LogP contribution in [-0.4, -0.2) is 39.0 Å². The van der Waals surface area contributed by atoms with Gasteiger partial charge in [-0.2, -0.15) is 9.78 Å². The Morgan fingerprint density at radius 1 is 1.09 bits per heavy atom. The van der Waals surface area contributed by atoms with Gasteiger partial charge in [0.05, 0.1) is 45.1 Å². The van der Waals surface area contributed by atoms with Gasteiger partial charge in [0, 0.05) is 11.6 Å². The van der Waals surface area contributed by atoms with Crippen LogP contribution >= 0.6 is 11.6 Å². The van der Waals surface area contributed by atoms with Gasteiger partial charge in [0.2, 0.25) is 11.6 Å². The summed E-state index contributed by atoms with van der Waals surface area (Å²) in [5.74, 6) is -0.337. The summed E-state index contributed by atoms with van der Waals surface area (Å²) < 4.78 is 18.2.